The van der Waals surface area contributed by atoms with Crippen molar-refractivity contribution in [3.8, 4) is 11.3 Å². The van der Waals surface area contributed by atoms with Crippen LogP contribution in [-0.4, -0.2) is 21.7 Å². The van der Waals surface area contributed by atoms with E-state index in [0.717, 1.165) is 42.8 Å². The number of amides is 1. The van der Waals surface area contributed by atoms with Gasteiger partial charge in [-0.1, -0.05) is 30.7 Å². The maximum absolute atomic E-state index is 12.5. The first-order valence-corrected chi connectivity index (χ1v) is 8.21. The number of benzene rings is 1. The van der Waals surface area contributed by atoms with Gasteiger partial charge in [0.25, 0.3) is 0 Å². The number of hydrogen-bond donors (Lipinski definition) is 2. The van der Waals surface area contributed by atoms with Gasteiger partial charge in [0.2, 0.25) is 5.91 Å². The minimum atomic E-state index is 0. The molecule has 24 heavy (non-hydrogen) atoms. The summed E-state index contributed by atoms with van der Waals surface area (Å²) in [5, 5.41) is 7.55. The molecule has 1 aromatic heterocycles. The molecule has 5 nitrogen and oxygen atoms in total. The van der Waals surface area contributed by atoms with Gasteiger partial charge in [-0.15, -0.1) is 12.4 Å². The number of nitrogens with zero attached hydrogens (tertiary/aromatic N) is 2. The first-order chi connectivity index (χ1) is 11.0. The zero-order chi connectivity index (χ0) is 16.4. The summed E-state index contributed by atoms with van der Waals surface area (Å²) in [4.78, 5) is 12.5. The number of carbonyl (C=O) groups is 1. The van der Waals surface area contributed by atoms with Gasteiger partial charge in [0.1, 0.15) is 5.82 Å². The Morgan fingerprint density at radius 1 is 1.33 bits per heavy atom. The van der Waals surface area contributed by atoms with Crippen LogP contribution in [0.15, 0.2) is 30.3 Å². The lowest BCUT2D eigenvalue weighted by Gasteiger charge is -2.25. The Kier molecular flexibility index (Phi) is 6.02. The fourth-order valence-corrected chi connectivity index (χ4v) is 3.27. The van der Waals surface area contributed by atoms with Crippen molar-refractivity contribution in [1.29, 1.82) is 0 Å². The van der Waals surface area contributed by atoms with Gasteiger partial charge in [-0.3, -0.25) is 9.48 Å². The summed E-state index contributed by atoms with van der Waals surface area (Å²) in [6.45, 7) is 2.06. The Balaban J connectivity index is 0.00000208. The van der Waals surface area contributed by atoms with Crippen molar-refractivity contribution in [2.75, 3.05) is 5.32 Å². The molecule has 0 bridgehead atoms. The topological polar surface area (TPSA) is 72.9 Å². The van der Waals surface area contributed by atoms with E-state index >= 15 is 0 Å². The van der Waals surface area contributed by atoms with Crippen molar-refractivity contribution in [2.24, 2.45) is 18.7 Å². The number of nitrogens with one attached hydrogen (secondary N) is 1. The fraction of sp³-hybridized carbons (Fsp3) is 0.444. The lowest BCUT2D eigenvalue weighted by Crippen LogP contribution is -2.34. The highest BCUT2D eigenvalue weighted by Crippen LogP contribution is 2.27. The normalized spacial score (nSPS) is 20.3. The quantitative estimate of drug-likeness (QED) is 0.894. The zero-order valence-electron chi connectivity index (χ0n) is 14.2. The number of aromatic nitrogens is 2. The highest BCUT2D eigenvalue weighted by atomic mass is 35.5. The second-order valence-electron chi connectivity index (χ2n) is 6.47. The standard InChI is InChI=1S/C18H24N4O.ClH/c1-12-6-3-4-9-15(12)16-11-17(22(2)21-16)20-18(23)13-7-5-8-14(19)10-13;/h3-4,6,9,11,13-14H,5,7-8,10,19H2,1-2H3,(H,20,23);1H. The summed E-state index contributed by atoms with van der Waals surface area (Å²) >= 11 is 0. The number of anilines is 1. The molecule has 3 rings (SSSR count). The molecule has 6 heteroatoms. The maximum atomic E-state index is 12.5. The van der Waals surface area contributed by atoms with E-state index < -0.39 is 0 Å². The van der Waals surface area contributed by atoms with Gasteiger partial charge in [-0.05, 0) is 31.7 Å². The summed E-state index contributed by atoms with van der Waals surface area (Å²) in [6, 6.07) is 10.2. The van der Waals surface area contributed by atoms with Crippen LogP contribution in [-0.2, 0) is 11.8 Å². The van der Waals surface area contributed by atoms with Gasteiger partial charge < -0.3 is 11.1 Å². The summed E-state index contributed by atoms with van der Waals surface area (Å²) < 4.78 is 1.72. The number of rotatable bonds is 3. The van der Waals surface area contributed by atoms with Gasteiger partial charge in [-0.2, -0.15) is 5.10 Å². The summed E-state index contributed by atoms with van der Waals surface area (Å²) in [7, 11) is 1.85. The average molecular weight is 349 g/mol. The maximum Gasteiger partial charge on any atom is 0.228 e. The minimum absolute atomic E-state index is 0. The second-order valence-corrected chi connectivity index (χ2v) is 6.47. The van der Waals surface area contributed by atoms with Crippen LogP contribution in [0.25, 0.3) is 11.3 Å². The van der Waals surface area contributed by atoms with Crippen molar-refractivity contribution >= 4 is 24.1 Å². The molecule has 2 atom stereocenters. The third kappa shape index (κ3) is 3.97. The van der Waals surface area contributed by atoms with Crippen LogP contribution in [0.5, 0.6) is 0 Å². The highest BCUT2D eigenvalue weighted by molar-refractivity contribution is 5.92. The molecule has 1 aliphatic carbocycles. The third-order valence-corrected chi connectivity index (χ3v) is 4.64. The Labute approximate surface area is 149 Å². The van der Waals surface area contributed by atoms with Gasteiger partial charge >= 0.3 is 0 Å². The Bertz CT molecular complexity index is 713. The van der Waals surface area contributed by atoms with Gasteiger partial charge in [0, 0.05) is 30.6 Å². The highest BCUT2D eigenvalue weighted by Gasteiger charge is 2.26. The predicted octanol–water partition coefficient (Wildman–Crippen LogP) is 3.27. The Morgan fingerprint density at radius 3 is 2.79 bits per heavy atom. The summed E-state index contributed by atoms with van der Waals surface area (Å²) in [5.41, 5.74) is 9.12. The van der Waals surface area contributed by atoms with E-state index in [1.165, 1.54) is 5.56 Å². The van der Waals surface area contributed by atoms with E-state index in [1.807, 2.05) is 31.3 Å². The van der Waals surface area contributed by atoms with E-state index in [4.69, 9.17) is 5.73 Å². The monoisotopic (exact) mass is 348 g/mol. The third-order valence-electron chi connectivity index (χ3n) is 4.64. The fourth-order valence-electron chi connectivity index (χ4n) is 3.27. The second kappa shape index (κ2) is 7.81. The molecule has 2 unspecified atom stereocenters. The molecular weight excluding hydrogens is 324 g/mol. The molecule has 0 saturated heterocycles. The van der Waals surface area contributed by atoms with Crippen LogP contribution >= 0.6 is 12.4 Å². The van der Waals surface area contributed by atoms with Crippen LogP contribution in [0.3, 0.4) is 0 Å². The molecule has 0 spiro atoms. The first-order valence-electron chi connectivity index (χ1n) is 8.21. The Hall–Kier alpha value is -1.85. The molecule has 0 radical (unpaired) electrons. The molecule has 3 N–H and O–H groups in total. The zero-order valence-corrected chi connectivity index (χ0v) is 15.0. The number of nitrogens with two attached hydrogens (primary N) is 1. The largest absolute Gasteiger partial charge is 0.328 e. The lowest BCUT2D eigenvalue weighted by molar-refractivity contribution is -0.120. The molecule has 1 fully saturated rings. The molecule has 0 aliphatic heterocycles. The molecule has 2 aromatic rings. The van der Waals surface area contributed by atoms with E-state index in [-0.39, 0.29) is 30.3 Å². The number of carbonyl (C=O) groups excluding carboxylic acids is 1. The summed E-state index contributed by atoms with van der Waals surface area (Å²) in [5.74, 6) is 0.794. The van der Waals surface area contributed by atoms with Gasteiger partial charge in [0.05, 0.1) is 5.69 Å². The van der Waals surface area contributed by atoms with E-state index in [9.17, 15) is 4.79 Å². The molecule has 130 valence electrons. The van der Waals surface area contributed by atoms with Crippen molar-refractivity contribution in [3.05, 3.63) is 35.9 Å². The molecule has 1 heterocycles. The van der Waals surface area contributed by atoms with E-state index in [2.05, 4.69) is 23.4 Å². The first kappa shape index (κ1) is 18.5. The van der Waals surface area contributed by atoms with Gasteiger partial charge in [-0.25, -0.2) is 0 Å². The molecule has 1 aliphatic rings. The number of halogens is 1. The molecule has 1 aromatic carbocycles. The molecule has 1 saturated carbocycles. The smallest absolute Gasteiger partial charge is 0.228 e. The SMILES string of the molecule is Cc1ccccc1-c1cc(NC(=O)C2CCCC(N)C2)n(C)n1.Cl. The van der Waals surface area contributed by atoms with Crippen LogP contribution in [0, 0.1) is 12.8 Å². The van der Waals surface area contributed by atoms with Crippen LogP contribution in [0.4, 0.5) is 5.82 Å². The van der Waals surface area contributed by atoms with Crippen LogP contribution in [0.1, 0.15) is 31.2 Å². The number of aryl methyl sites for hydroxylation is 2. The Morgan fingerprint density at radius 2 is 2.08 bits per heavy atom. The van der Waals surface area contributed by atoms with Crippen molar-refractivity contribution in [2.45, 2.75) is 38.6 Å². The van der Waals surface area contributed by atoms with Crippen molar-refractivity contribution in [3.63, 3.8) is 0 Å². The van der Waals surface area contributed by atoms with Crippen LogP contribution < -0.4 is 11.1 Å². The van der Waals surface area contributed by atoms with Crippen molar-refractivity contribution in [1.82, 2.24) is 9.78 Å². The van der Waals surface area contributed by atoms with E-state index in [1.54, 1.807) is 4.68 Å². The van der Waals surface area contributed by atoms with Crippen molar-refractivity contribution < 1.29 is 4.79 Å². The van der Waals surface area contributed by atoms with Crippen LogP contribution in [0.2, 0.25) is 0 Å². The van der Waals surface area contributed by atoms with Gasteiger partial charge in [0.15, 0.2) is 0 Å². The van der Waals surface area contributed by atoms with E-state index in [0.29, 0.717) is 0 Å². The molecule has 1 amide bonds. The minimum Gasteiger partial charge on any atom is -0.328 e. The average Bonchev–Trinajstić information content (AvgIpc) is 2.88. The molecular formula is C18H25ClN4O. The lowest BCUT2D eigenvalue weighted by atomic mass is 9.85. The predicted molar refractivity (Wildman–Crippen MR) is 99.2 cm³/mol. The number of hydrogen-bond acceptors (Lipinski definition) is 3. The summed E-state index contributed by atoms with van der Waals surface area (Å²) in [6.07, 6.45) is 3.74.